The highest BCUT2D eigenvalue weighted by molar-refractivity contribution is 7.94. The van der Waals surface area contributed by atoms with Crippen LogP contribution >= 0.6 is 11.3 Å². The molecule has 1 N–H and O–H groups in total. The van der Waals surface area contributed by atoms with Gasteiger partial charge in [0.2, 0.25) is 0 Å². The van der Waals surface area contributed by atoms with E-state index in [1.54, 1.807) is 18.3 Å². The first-order valence-electron chi connectivity index (χ1n) is 4.68. The summed E-state index contributed by atoms with van der Waals surface area (Å²) in [6, 6.07) is 8.25. The number of sulfonamides is 1. The molecular weight excluding hydrogens is 258 g/mol. The summed E-state index contributed by atoms with van der Waals surface area (Å²) < 4.78 is 25.6. The number of nitrogens with one attached hydrogen (secondary N) is 1. The van der Waals surface area contributed by atoms with Crippen LogP contribution in [0, 0.1) is 11.3 Å². The minimum atomic E-state index is -3.58. The maximum Gasteiger partial charge on any atom is 0.274 e. The van der Waals surface area contributed by atoms with Gasteiger partial charge in [0.05, 0.1) is 0 Å². The van der Waals surface area contributed by atoms with Gasteiger partial charge >= 0.3 is 0 Å². The number of aromatic nitrogens is 1. The normalized spacial score (nSPS) is 11.1. The summed E-state index contributed by atoms with van der Waals surface area (Å²) in [6.07, 6.45) is 1.65. The fraction of sp³-hybridized carbons (Fsp3) is 0.100. The van der Waals surface area contributed by atoms with Crippen LogP contribution in [0.25, 0.3) is 0 Å². The summed E-state index contributed by atoms with van der Waals surface area (Å²) >= 11 is 0.961. The molecule has 0 aromatic carbocycles. The van der Waals surface area contributed by atoms with Crippen LogP contribution in [-0.2, 0) is 10.0 Å². The number of rotatable bonds is 3. The molecule has 0 atom stereocenters. The summed E-state index contributed by atoms with van der Waals surface area (Å²) in [4.78, 5) is 3.20. The van der Waals surface area contributed by atoms with Gasteiger partial charge in [-0.15, -0.1) is 11.3 Å². The Morgan fingerprint density at radius 2 is 2.18 bits per heavy atom. The van der Waals surface area contributed by atoms with E-state index in [9.17, 15) is 8.42 Å². The number of anilines is 1. The smallest absolute Gasteiger partial charge is 0.274 e. The van der Waals surface area contributed by atoms with Crippen molar-refractivity contribution in [3.63, 3.8) is 0 Å². The zero-order valence-corrected chi connectivity index (χ0v) is 10.5. The summed E-state index contributed by atoms with van der Waals surface area (Å²) in [5.41, 5.74) is 0. The summed E-state index contributed by atoms with van der Waals surface area (Å²) in [7, 11) is -2.12. The van der Waals surface area contributed by atoms with Crippen LogP contribution in [0.5, 0.6) is 0 Å². The molecule has 5 nitrogen and oxygen atoms in total. The van der Waals surface area contributed by atoms with Gasteiger partial charge in [-0.2, -0.15) is 5.26 Å². The molecule has 0 fully saturated rings. The summed E-state index contributed by atoms with van der Waals surface area (Å²) in [6.45, 7) is 0. The van der Waals surface area contributed by atoms with Crippen LogP contribution in [0.3, 0.4) is 0 Å². The van der Waals surface area contributed by atoms with Gasteiger partial charge in [-0.05, 0) is 24.3 Å². The molecule has 88 valence electrons. The van der Waals surface area contributed by atoms with Gasteiger partial charge in [0.25, 0.3) is 10.0 Å². The van der Waals surface area contributed by atoms with Gasteiger partial charge in [-0.3, -0.25) is 4.31 Å². The number of thiophene rings is 1. The fourth-order valence-corrected chi connectivity index (χ4v) is 3.74. The third kappa shape index (κ3) is 2.05. The molecule has 0 saturated heterocycles. The molecule has 0 bridgehead atoms. The van der Waals surface area contributed by atoms with Crippen LogP contribution < -0.4 is 4.31 Å². The highest BCUT2D eigenvalue weighted by atomic mass is 32.2. The lowest BCUT2D eigenvalue weighted by molar-refractivity contribution is 0.596. The predicted octanol–water partition coefficient (Wildman–Crippen LogP) is 1.77. The van der Waals surface area contributed by atoms with Crippen molar-refractivity contribution in [1.29, 1.82) is 5.26 Å². The lowest BCUT2D eigenvalue weighted by Gasteiger charge is -2.15. The van der Waals surface area contributed by atoms with Gasteiger partial charge in [0, 0.05) is 13.2 Å². The second kappa shape index (κ2) is 4.24. The number of aromatic amines is 1. The zero-order chi connectivity index (χ0) is 12.5. The molecule has 0 aliphatic heterocycles. The largest absolute Gasteiger partial charge is 0.348 e. The molecule has 17 heavy (non-hydrogen) atoms. The molecule has 0 aliphatic carbocycles. The number of nitrogens with zero attached hydrogens (tertiary/aromatic N) is 2. The number of nitriles is 1. The predicted molar refractivity (Wildman–Crippen MR) is 65.4 cm³/mol. The van der Waals surface area contributed by atoms with E-state index in [-0.39, 0.29) is 4.21 Å². The van der Waals surface area contributed by atoms with E-state index < -0.39 is 10.0 Å². The van der Waals surface area contributed by atoms with E-state index in [0.717, 1.165) is 15.6 Å². The molecule has 0 radical (unpaired) electrons. The second-order valence-corrected chi connectivity index (χ2v) is 6.54. The molecule has 2 aromatic heterocycles. The van der Waals surface area contributed by atoms with Crippen molar-refractivity contribution >= 4 is 27.2 Å². The van der Waals surface area contributed by atoms with Crippen molar-refractivity contribution in [2.45, 2.75) is 4.21 Å². The molecule has 7 heteroatoms. The topological polar surface area (TPSA) is 77.0 Å². The van der Waals surface area contributed by atoms with E-state index in [1.807, 2.05) is 6.07 Å². The summed E-state index contributed by atoms with van der Waals surface area (Å²) in [5, 5.41) is 8.69. The minimum absolute atomic E-state index is 0.158. The Morgan fingerprint density at radius 1 is 1.41 bits per heavy atom. The first-order chi connectivity index (χ1) is 8.05. The third-order valence-electron chi connectivity index (χ3n) is 2.23. The quantitative estimate of drug-likeness (QED) is 0.920. The number of hydrogen-bond acceptors (Lipinski definition) is 4. The van der Waals surface area contributed by atoms with Crippen molar-refractivity contribution in [3.8, 4) is 6.07 Å². The van der Waals surface area contributed by atoms with E-state index in [1.165, 1.54) is 19.2 Å². The average Bonchev–Trinajstić information content (AvgIpc) is 2.98. The molecule has 2 aromatic rings. The maximum absolute atomic E-state index is 12.2. The van der Waals surface area contributed by atoms with Crippen molar-refractivity contribution in [2.24, 2.45) is 0 Å². The van der Waals surface area contributed by atoms with Crippen LogP contribution in [0.1, 0.15) is 4.88 Å². The lowest BCUT2D eigenvalue weighted by Crippen LogP contribution is -2.25. The lowest BCUT2D eigenvalue weighted by atomic mass is 10.5. The SMILES string of the molecule is CN(c1ccc[nH]1)S(=O)(=O)c1ccc(C#N)s1. The minimum Gasteiger partial charge on any atom is -0.348 e. The van der Waals surface area contributed by atoms with Crippen molar-refractivity contribution in [3.05, 3.63) is 35.3 Å². The molecule has 0 unspecified atom stereocenters. The highest BCUT2D eigenvalue weighted by Gasteiger charge is 2.23. The molecule has 0 saturated carbocycles. The summed E-state index contributed by atoms with van der Waals surface area (Å²) in [5.74, 6) is 0.483. The Morgan fingerprint density at radius 3 is 2.71 bits per heavy atom. The molecule has 2 rings (SSSR count). The van der Waals surface area contributed by atoms with Gasteiger partial charge in [0.1, 0.15) is 21.0 Å². The molecule has 0 aliphatic rings. The van der Waals surface area contributed by atoms with Gasteiger partial charge in [0.15, 0.2) is 0 Å². The maximum atomic E-state index is 12.2. The van der Waals surface area contributed by atoms with Crippen LogP contribution in [0.2, 0.25) is 0 Å². The standard InChI is InChI=1S/C10H9N3O2S2/c1-13(9-3-2-6-12-9)17(14,15)10-5-4-8(7-11)16-10/h2-6,12H,1H3. The van der Waals surface area contributed by atoms with E-state index in [2.05, 4.69) is 4.98 Å². The van der Waals surface area contributed by atoms with Crippen molar-refractivity contribution < 1.29 is 8.42 Å². The van der Waals surface area contributed by atoms with Gasteiger partial charge < -0.3 is 4.98 Å². The van der Waals surface area contributed by atoms with Gasteiger partial charge in [-0.1, -0.05) is 0 Å². The van der Waals surface area contributed by atoms with E-state index >= 15 is 0 Å². The molecule has 2 heterocycles. The first kappa shape index (κ1) is 11.7. The number of hydrogen-bond donors (Lipinski definition) is 1. The molecule has 0 amide bonds. The van der Waals surface area contributed by atoms with E-state index in [4.69, 9.17) is 5.26 Å². The zero-order valence-electron chi connectivity index (χ0n) is 8.91. The van der Waals surface area contributed by atoms with Crippen molar-refractivity contribution in [2.75, 3.05) is 11.4 Å². The Labute approximate surface area is 103 Å². The monoisotopic (exact) mass is 267 g/mol. The van der Waals surface area contributed by atoms with Crippen molar-refractivity contribution in [1.82, 2.24) is 4.98 Å². The average molecular weight is 267 g/mol. The number of H-pyrrole nitrogens is 1. The van der Waals surface area contributed by atoms with Crippen LogP contribution in [-0.4, -0.2) is 20.4 Å². The van der Waals surface area contributed by atoms with Gasteiger partial charge in [-0.25, -0.2) is 8.42 Å². The van der Waals surface area contributed by atoms with E-state index in [0.29, 0.717) is 10.7 Å². The first-order valence-corrected chi connectivity index (χ1v) is 6.93. The Kier molecular flexibility index (Phi) is 2.92. The Hall–Kier alpha value is -1.78. The molecular formula is C10H9N3O2S2. The highest BCUT2D eigenvalue weighted by Crippen LogP contribution is 2.26. The second-order valence-electron chi connectivity index (χ2n) is 3.26. The fourth-order valence-electron chi connectivity index (χ4n) is 1.30. The Bertz CT molecular complexity index is 650. The third-order valence-corrected chi connectivity index (χ3v) is 5.46. The van der Waals surface area contributed by atoms with Crippen LogP contribution in [0.4, 0.5) is 5.82 Å². The van der Waals surface area contributed by atoms with Crippen LogP contribution in [0.15, 0.2) is 34.7 Å². The molecule has 0 spiro atoms. The Balaban J connectivity index is 2.40.